The molecular weight excluding hydrogens is 326 g/mol. The van der Waals surface area contributed by atoms with Crippen molar-refractivity contribution in [1.82, 2.24) is 4.90 Å². The summed E-state index contributed by atoms with van der Waals surface area (Å²) >= 11 is 0. The zero-order valence-corrected chi connectivity index (χ0v) is 15.1. The third-order valence-corrected chi connectivity index (χ3v) is 4.61. The molecule has 136 valence electrons. The van der Waals surface area contributed by atoms with E-state index in [9.17, 15) is 9.59 Å². The van der Waals surface area contributed by atoms with Gasteiger partial charge in [-0.05, 0) is 30.7 Å². The molecule has 1 aliphatic heterocycles. The Morgan fingerprint density at radius 1 is 1.12 bits per heavy atom. The zero-order chi connectivity index (χ0) is 18.4. The highest BCUT2D eigenvalue weighted by molar-refractivity contribution is 6.02. The van der Waals surface area contributed by atoms with Crippen LogP contribution in [0.2, 0.25) is 0 Å². The summed E-state index contributed by atoms with van der Waals surface area (Å²) in [5.74, 6) is 0.0489. The molecule has 0 atom stereocenters. The first kappa shape index (κ1) is 18.1. The number of hydrogen-bond acceptors (Lipinski definition) is 3. The zero-order valence-electron chi connectivity index (χ0n) is 15.1. The Labute approximate surface area is 154 Å². The van der Waals surface area contributed by atoms with Crippen LogP contribution in [0.5, 0.6) is 0 Å². The summed E-state index contributed by atoms with van der Waals surface area (Å²) in [6.07, 6.45) is 1.44. The largest absolute Gasteiger partial charge is 0.323 e. The topological polar surface area (TPSA) is 52.7 Å². The van der Waals surface area contributed by atoms with Crippen molar-refractivity contribution in [3.8, 4) is 0 Å². The van der Waals surface area contributed by atoms with Gasteiger partial charge >= 0.3 is 0 Å². The average Bonchev–Trinajstić information content (AvgIpc) is 3.08. The van der Waals surface area contributed by atoms with Crippen molar-refractivity contribution in [2.75, 3.05) is 29.9 Å². The molecule has 2 aromatic rings. The fourth-order valence-corrected chi connectivity index (χ4v) is 3.23. The van der Waals surface area contributed by atoms with Crippen molar-refractivity contribution in [1.29, 1.82) is 0 Å². The first-order valence-electron chi connectivity index (χ1n) is 9.13. The lowest BCUT2D eigenvalue weighted by Crippen LogP contribution is -2.33. The minimum absolute atomic E-state index is 0.0677. The SMILES string of the molecule is CCN(CC(=O)Nc1ccccc1N1CCCC1=O)Cc1ccccc1. The van der Waals surface area contributed by atoms with Crippen molar-refractivity contribution in [2.45, 2.75) is 26.3 Å². The van der Waals surface area contributed by atoms with Gasteiger partial charge in [0.15, 0.2) is 0 Å². The van der Waals surface area contributed by atoms with Crippen LogP contribution in [0.15, 0.2) is 54.6 Å². The van der Waals surface area contributed by atoms with Crippen molar-refractivity contribution in [3.05, 3.63) is 60.2 Å². The molecule has 5 nitrogen and oxygen atoms in total. The van der Waals surface area contributed by atoms with Gasteiger partial charge in [0.05, 0.1) is 17.9 Å². The molecule has 5 heteroatoms. The predicted molar refractivity (Wildman–Crippen MR) is 104 cm³/mol. The Balaban J connectivity index is 1.65. The highest BCUT2D eigenvalue weighted by Crippen LogP contribution is 2.29. The summed E-state index contributed by atoms with van der Waals surface area (Å²) < 4.78 is 0. The van der Waals surface area contributed by atoms with E-state index in [2.05, 4.69) is 22.3 Å². The summed E-state index contributed by atoms with van der Waals surface area (Å²) in [6, 6.07) is 17.6. The van der Waals surface area contributed by atoms with Gasteiger partial charge in [0.2, 0.25) is 11.8 Å². The molecule has 0 radical (unpaired) electrons. The number of carbonyl (C=O) groups excluding carboxylic acids is 2. The number of rotatable bonds is 7. The standard InChI is InChI=1S/C21H25N3O2/c1-2-23(15-17-9-4-3-5-10-17)16-20(25)22-18-11-6-7-12-19(18)24-14-8-13-21(24)26/h3-7,9-12H,2,8,13-16H2,1H3,(H,22,25). The van der Waals surface area contributed by atoms with Crippen LogP contribution in [0.25, 0.3) is 0 Å². The Morgan fingerprint density at radius 2 is 1.85 bits per heavy atom. The number of nitrogens with zero attached hydrogens (tertiary/aromatic N) is 2. The van der Waals surface area contributed by atoms with Crippen LogP contribution >= 0.6 is 0 Å². The van der Waals surface area contributed by atoms with Gasteiger partial charge in [-0.25, -0.2) is 0 Å². The van der Waals surface area contributed by atoms with Gasteiger partial charge in [-0.2, -0.15) is 0 Å². The van der Waals surface area contributed by atoms with Gasteiger partial charge in [-0.3, -0.25) is 14.5 Å². The van der Waals surface area contributed by atoms with Crippen LogP contribution in [0.1, 0.15) is 25.3 Å². The molecule has 2 aromatic carbocycles. The number of hydrogen-bond donors (Lipinski definition) is 1. The highest BCUT2D eigenvalue weighted by atomic mass is 16.2. The number of likely N-dealkylation sites (N-methyl/N-ethyl adjacent to an activating group) is 1. The normalized spacial score (nSPS) is 14.1. The van der Waals surface area contributed by atoms with Crippen LogP contribution in [0, 0.1) is 0 Å². The summed E-state index contributed by atoms with van der Waals surface area (Å²) in [6.45, 7) is 4.59. The van der Waals surface area contributed by atoms with E-state index in [4.69, 9.17) is 0 Å². The third kappa shape index (κ3) is 4.49. The molecule has 0 spiro atoms. The average molecular weight is 351 g/mol. The maximum atomic E-state index is 12.6. The van der Waals surface area contributed by atoms with Crippen LogP contribution in [0.4, 0.5) is 11.4 Å². The first-order chi connectivity index (χ1) is 12.7. The van der Waals surface area contributed by atoms with E-state index in [1.807, 2.05) is 49.4 Å². The fraction of sp³-hybridized carbons (Fsp3) is 0.333. The van der Waals surface area contributed by atoms with Crippen LogP contribution in [0.3, 0.4) is 0 Å². The third-order valence-electron chi connectivity index (χ3n) is 4.61. The molecule has 2 amide bonds. The lowest BCUT2D eigenvalue weighted by Gasteiger charge is -2.22. The Hall–Kier alpha value is -2.66. The number of para-hydroxylation sites is 2. The van der Waals surface area contributed by atoms with E-state index in [1.165, 1.54) is 5.56 Å². The number of benzene rings is 2. The van der Waals surface area contributed by atoms with E-state index in [-0.39, 0.29) is 11.8 Å². The summed E-state index contributed by atoms with van der Waals surface area (Å²) in [5.41, 5.74) is 2.67. The van der Waals surface area contributed by atoms with Crippen LogP contribution < -0.4 is 10.2 Å². The second-order valence-corrected chi connectivity index (χ2v) is 6.50. The second kappa shape index (κ2) is 8.63. The maximum Gasteiger partial charge on any atom is 0.238 e. The van der Waals surface area contributed by atoms with Crippen LogP contribution in [-0.4, -0.2) is 36.3 Å². The molecule has 0 aromatic heterocycles. The van der Waals surface area contributed by atoms with Crippen molar-refractivity contribution >= 4 is 23.2 Å². The monoisotopic (exact) mass is 351 g/mol. The number of anilines is 2. The second-order valence-electron chi connectivity index (χ2n) is 6.50. The smallest absolute Gasteiger partial charge is 0.238 e. The highest BCUT2D eigenvalue weighted by Gasteiger charge is 2.24. The van der Waals surface area contributed by atoms with E-state index < -0.39 is 0 Å². The first-order valence-corrected chi connectivity index (χ1v) is 9.13. The Morgan fingerprint density at radius 3 is 2.54 bits per heavy atom. The number of nitrogens with one attached hydrogen (secondary N) is 1. The van der Waals surface area contributed by atoms with Crippen molar-refractivity contribution in [3.63, 3.8) is 0 Å². The van der Waals surface area contributed by atoms with E-state index in [1.54, 1.807) is 4.90 Å². The van der Waals surface area contributed by atoms with Crippen molar-refractivity contribution in [2.24, 2.45) is 0 Å². The minimum atomic E-state index is -0.0677. The summed E-state index contributed by atoms with van der Waals surface area (Å²) in [5, 5.41) is 2.98. The molecular formula is C21H25N3O2. The molecule has 1 aliphatic rings. The molecule has 1 heterocycles. The quantitative estimate of drug-likeness (QED) is 0.833. The maximum absolute atomic E-state index is 12.6. The lowest BCUT2D eigenvalue weighted by molar-refractivity contribution is -0.118. The molecule has 1 fully saturated rings. The Bertz CT molecular complexity index is 761. The van der Waals surface area contributed by atoms with E-state index in [0.717, 1.165) is 25.2 Å². The van der Waals surface area contributed by atoms with E-state index >= 15 is 0 Å². The van der Waals surface area contributed by atoms with Crippen LogP contribution in [-0.2, 0) is 16.1 Å². The van der Waals surface area contributed by atoms with Crippen molar-refractivity contribution < 1.29 is 9.59 Å². The minimum Gasteiger partial charge on any atom is -0.323 e. The van der Waals surface area contributed by atoms with Gasteiger partial charge in [0.25, 0.3) is 0 Å². The number of amides is 2. The predicted octanol–water partition coefficient (Wildman–Crippen LogP) is 3.27. The molecule has 0 aliphatic carbocycles. The van der Waals surface area contributed by atoms with Gasteiger partial charge in [0, 0.05) is 19.5 Å². The fourth-order valence-electron chi connectivity index (χ4n) is 3.23. The molecule has 1 N–H and O–H groups in total. The molecule has 0 saturated carbocycles. The van der Waals surface area contributed by atoms with Gasteiger partial charge in [-0.15, -0.1) is 0 Å². The Kier molecular flexibility index (Phi) is 6.02. The van der Waals surface area contributed by atoms with E-state index in [0.29, 0.717) is 25.2 Å². The molecule has 1 saturated heterocycles. The molecule has 0 unspecified atom stereocenters. The lowest BCUT2D eigenvalue weighted by atomic mass is 10.2. The number of carbonyl (C=O) groups is 2. The summed E-state index contributed by atoms with van der Waals surface area (Å²) in [4.78, 5) is 28.5. The van der Waals surface area contributed by atoms with Gasteiger partial charge < -0.3 is 10.2 Å². The molecule has 26 heavy (non-hydrogen) atoms. The molecule has 3 rings (SSSR count). The van der Waals surface area contributed by atoms with Gasteiger partial charge in [0.1, 0.15) is 0 Å². The van der Waals surface area contributed by atoms with Gasteiger partial charge in [-0.1, -0.05) is 49.4 Å². The summed E-state index contributed by atoms with van der Waals surface area (Å²) in [7, 11) is 0. The molecule has 0 bridgehead atoms.